The van der Waals surface area contributed by atoms with Crippen molar-refractivity contribution in [3.63, 3.8) is 0 Å². The molecule has 5 rings (SSSR count). The summed E-state index contributed by atoms with van der Waals surface area (Å²) in [7, 11) is 0. The molecule has 1 saturated heterocycles. The van der Waals surface area contributed by atoms with E-state index >= 15 is 0 Å². The number of nitrogens with zero attached hydrogens (tertiary/aromatic N) is 2. The fourth-order valence-corrected chi connectivity index (χ4v) is 5.34. The molecule has 0 bridgehead atoms. The molecule has 4 atom stereocenters. The number of hydrogen-bond donors (Lipinski definition) is 6. The first-order valence-electron chi connectivity index (χ1n) is 10.9. The highest BCUT2D eigenvalue weighted by Gasteiger charge is 2.75. The summed E-state index contributed by atoms with van der Waals surface area (Å²) in [5.74, 6) is -4.20. The Morgan fingerprint density at radius 2 is 1.97 bits per heavy atom. The first-order valence-corrected chi connectivity index (χ1v) is 10.9. The molecule has 0 saturated carbocycles. The lowest BCUT2D eigenvalue weighted by Gasteiger charge is -2.43. The predicted octanol–water partition coefficient (Wildman–Crippen LogP) is -0.230. The molecule has 1 spiro atoms. The molecule has 3 aliphatic heterocycles. The highest BCUT2D eigenvalue weighted by molar-refractivity contribution is 6.06. The van der Waals surface area contributed by atoms with Crippen LogP contribution in [0.1, 0.15) is 29.3 Å². The number of halogens is 3. The van der Waals surface area contributed by atoms with Gasteiger partial charge >= 0.3 is 18.1 Å². The van der Waals surface area contributed by atoms with Gasteiger partial charge in [-0.25, -0.2) is 14.4 Å². The van der Waals surface area contributed by atoms with Gasteiger partial charge in [-0.15, -0.1) is 0 Å². The Balaban J connectivity index is 1.58. The van der Waals surface area contributed by atoms with Gasteiger partial charge in [-0.1, -0.05) is 37.3 Å². The molecular formula is C22H24F3N6O4+. The van der Waals surface area contributed by atoms with E-state index in [0.29, 0.717) is 11.8 Å². The third-order valence-electron chi connectivity index (χ3n) is 6.94. The number of aliphatic imine (C=N–C) groups is 1. The summed E-state index contributed by atoms with van der Waals surface area (Å²) in [6, 6.07) is 6.81. The lowest BCUT2D eigenvalue weighted by atomic mass is 9.85. The maximum atomic E-state index is 13.8. The van der Waals surface area contributed by atoms with E-state index in [-0.39, 0.29) is 23.9 Å². The smallest absolute Gasteiger partial charge is 0.417 e. The number of alkyl halides is 3. The monoisotopic (exact) mass is 493 g/mol. The van der Waals surface area contributed by atoms with Crippen molar-refractivity contribution in [1.29, 1.82) is 0 Å². The van der Waals surface area contributed by atoms with Gasteiger partial charge in [0.25, 0.3) is 5.79 Å². The fourth-order valence-electron chi connectivity index (χ4n) is 5.34. The predicted molar refractivity (Wildman–Crippen MR) is 118 cm³/mol. The molecule has 2 aromatic carbocycles. The molecule has 35 heavy (non-hydrogen) atoms. The Kier molecular flexibility index (Phi) is 4.94. The van der Waals surface area contributed by atoms with E-state index in [2.05, 4.69) is 15.6 Å². The number of carbonyl (C=O) groups excluding carboxylic acids is 1. The van der Waals surface area contributed by atoms with Gasteiger partial charge < -0.3 is 26.0 Å². The van der Waals surface area contributed by atoms with Crippen LogP contribution >= 0.6 is 0 Å². The normalized spacial score (nSPS) is 29.2. The van der Waals surface area contributed by atoms with Crippen LogP contribution in [0.2, 0.25) is 0 Å². The molecular weight excluding hydrogens is 469 g/mol. The molecule has 3 aliphatic rings. The number of guanidine groups is 2. The zero-order valence-electron chi connectivity index (χ0n) is 18.5. The number of rotatable bonds is 3. The topological polar surface area (TPSA) is 158 Å². The van der Waals surface area contributed by atoms with Gasteiger partial charge in [0, 0.05) is 0 Å². The number of benzene rings is 2. The van der Waals surface area contributed by atoms with E-state index in [1.54, 1.807) is 12.1 Å². The number of nitrogens with one attached hydrogen (secondary N) is 2. The maximum Gasteiger partial charge on any atom is 0.417 e. The Morgan fingerprint density at radius 3 is 2.66 bits per heavy atom. The minimum Gasteiger partial charge on any atom is -0.449 e. The zero-order chi connectivity index (χ0) is 25.3. The molecule has 1 fully saturated rings. The molecule has 0 aromatic heterocycles. The number of esters is 1. The summed E-state index contributed by atoms with van der Waals surface area (Å²) < 4.78 is 48.2. The third kappa shape index (κ3) is 3.14. The van der Waals surface area contributed by atoms with Crippen molar-refractivity contribution in [1.82, 2.24) is 10.6 Å². The molecule has 8 N–H and O–H groups in total. The maximum absolute atomic E-state index is 13.8. The Labute approximate surface area is 197 Å². The van der Waals surface area contributed by atoms with Crippen LogP contribution in [0.5, 0.6) is 0 Å². The Morgan fingerprint density at radius 1 is 1.26 bits per heavy atom. The first-order chi connectivity index (χ1) is 16.4. The van der Waals surface area contributed by atoms with Crippen molar-refractivity contribution in [3.8, 4) is 0 Å². The van der Waals surface area contributed by atoms with Crippen molar-refractivity contribution in [2.75, 3.05) is 6.54 Å². The summed E-state index contributed by atoms with van der Waals surface area (Å²) in [5, 5.41) is 28.8. The molecule has 10 nitrogen and oxygen atoms in total. The van der Waals surface area contributed by atoms with Crippen LogP contribution in [-0.4, -0.2) is 68.9 Å². The van der Waals surface area contributed by atoms with E-state index in [4.69, 9.17) is 16.2 Å². The number of aliphatic hydroxyl groups is 2. The second-order valence-corrected chi connectivity index (χ2v) is 8.83. The Bertz CT molecular complexity index is 1290. The van der Waals surface area contributed by atoms with Crippen molar-refractivity contribution >= 4 is 28.7 Å². The van der Waals surface area contributed by atoms with E-state index < -0.39 is 52.9 Å². The van der Waals surface area contributed by atoms with Crippen LogP contribution in [-0.2, 0) is 10.9 Å². The average molecular weight is 493 g/mol. The van der Waals surface area contributed by atoms with Crippen molar-refractivity contribution in [3.05, 3.63) is 47.5 Å². The van der Waals surface area contributed by atoms with Gasteiger partial charge in [-0.2, -0.15) is 13.2 Å². The number of ether oxygens (including phenoxy) is 1. The van der Waals surface area contributed by atoms with Crippen LogP contribution in [0, 0.1) is 0 Å². The molecule has 2 aromatic rings. The highest BCUT2D eigenvalue weighted by atomic mass is 19.4. The number of nitrogens with two attached hydrogens (primary N) is 2. The Hall–Kier alpha value is -3.58. The standard InChI is InChI=1S/C22H23F3N6O4/c1-2-13-16-20(30-18(26)29-16)21(33,34)14(9-31(20)19(27)28-13)35-17(32)15-11-6-4-3-5-10(11)7-8-12(15)22(23,24)25/h3-8,13-14,16,33-34H,2,9H2,1H3,(H5,26,27,28,29,30)/p+1/t13-,14-,16-,20-/m0/s1. The zero-order valence-corrected chi connectivity index (χ0v) is 18.5. The van der Waals surface area contributed by atoms with Crippen molar-refractivity contribution in [2.45, 2.75) is 49.2 Å². The third-order valence-corrected chi connectivity index (χ3v) is 6.94. The lowest BCUT2D eigenvalue weighted by Crippen LogP contribution is -2.78. The van der Waals surface area contributed by atoms with Gasteiger partial charge in [0.2, 0.25) is 5.66 Å². The molecule has 0 amide bonds. The quantitative estimate of drug-likeness (QED) is 0.194. The molecule has 0 radical (unpaired) electrons. The lowest BCUT2D eigenvalue weighted by molar-refractivity contribution is -0.623. The van der Waals surface area contributed by atoms with Gasteiger partial charge in [0.05, 0.1) is 11.1 Å². The van der Waals surface area contributed by atoms with E-state index in [1.807, 2.05) is 6.92 Å². The van der Waals surface area contributed by atoms with Gasteiger partial charge in [-0.05, 0) is 23.3 Å². The summed E-state index contributed by atoms with van der Waals surface area (Å²) in [4.78, 5) is 17.5. The fraction of sp³-hybridized carbons (Fsp3) is 0.409. The van der Waals surface area contributed by atoms with Gasteiger partial charge in [-0.3, -0.25) is 11.1 Å². The van der Waals surface area contributed by atoms with Gasteiger partial charge in [0.15, 0.2) is 12.1 Å². The van der Waals surface area contributed by atoms with Crippen LogP contribution in [0.25, 0.3) is 10.8 Å². The SMILES string of the molecule is CC[C@@H]1NC(N)=[N+]2C[C@H](OC(=O)c3c(C(F)(F)F)ccc4ccccc34)C(O)(O)[C@@]23NC(N)=N[C@@H]13. The van der Waals surface area contributed by atoms with Crippen LogP contribution < -0.4 is 22.1 Å². The minimum absolute atomic E-state index is 0.0194. The second kappa shape index (κ2) is 7.46. The van der Waals surface area contributed by atoms with Crippen LogP contribution in [0.3, 0.4) is 0 Å². The molecule has 0 aliphatic carbocycles. The van der Waals surface area contributed by atoms with Gasteiger partial charge in [0.1, 0.15) is 18.6 Å². The van der Waals surface area contributed by atoms with E-state index in [0.717, 1.165) is 6.07 Å². The summed E-state index contributed by atoms with van der Waals surface area (Å²) in [6.45, 7) is 1.49. The average Bonchev–Trinajstić information content (AvgIpc) is 3.26. The second-order valence-electron chi connectivity index (χ2n) is 8.83. The van der Waals surface area contributed by atoms with Crippen molar-refractivity contribution in [2.24, 2.45) is 16.5 Å². The summed E-state index contributed by atoms with van der Waals surface area (Å²) >= 11 is 0. The first kappa shape index (κ1) is 23.2. The largest absolute Gasteiger partial charge is 0.449 e. The number of hydrogen-bond acceptors (Lipinski definition) is 9. The molecule has 3 heterocycles. The molecule has 186 valence electrons. The number of carbonyl (C=O) groups is 1. The summed E-state index contributed by atoms with van der Waals surface area (Å²) in [5.41, 5.74) is 8.32. The molecule has 0 unspecified atom stereocenters. The molecule has 13 heteroatoms. The highest BCUT2D eigenvalue weighted by Crippen LogP contribution is 2.44. The van der Waals surface area contributed by atoms with Crippen LogP contribution in [0.15, 0.2) is 41.4 Å². The van der Waals surface area contributed by atoms with E-state index in [1.165, 1.54) is 22.8 Å². The number of fused-ring (bicyclic) bond motifs is 1. The van der Waals surface area contributed by atoms with Crippen molar-refractivity contribution < 1.29 is 37.5 Å². The summed E-state index contributed by atoms with van der Waals surface area (Å²) in [6.07, 6.45) is -6.05. The van der Waals surface area contributed by atoms with E-state index in [9.17, 15) is 28.2 Å². The van der Waals surface area contributed by atoms with Crippen LogP contribution in [0.4, 0.5) is 13.2 Å². The minimum atomic E-state index is -4.85.